The van der Waals surface area contributed by atoms with Crippen LogP contribution in [0.15, 0.2) is 5.16 Å². The maximum Gasteiger partial charge on any atom is 0.230 e. The van der Waals surface area contributed by atoms with E-state index in [0.29, 0.717) is 23.6 Å². The van der Waals surface area contributed by atoms with Crippen LogP contribution in [-0.4, -0.2) is 32.5 Å². The first kappa shape index (κ1) is 14.9. The van der Waals surface area contributed by atoms with Gasteiger partial charge < -0.3 is 9.88 Å². The van der Waals surface area contributed by atoms with E-state index >= 15 is 0 Å². The molecule has 2 fully saturated rings. The quantitative estimate of drug-likeness (QED) is 0.787. The lowest BCUT2D eigenvalue weighted by molar-refractivity contribution is -0.119. The molecule has 0 radical (unpaired) electrons. The monoisotopic (exact) mass is 308 g/mol. The number of amides is 1. The zero-order valence-corrected chi connectivity index (χ0v) is 13.8. The third-order valence-electron chi connectivity index (χ3n) is 4.27. The molecular weight excluding hydrogens is 284 g/mol. The summed E-state index contributed by atoms with van der Waals surface area (Å²) in [6.45, 7) is 6.28. The van der Waals surface area contributed by atoms with Gasteiger partial charge >= 0.3 is 0 Å². The first-order chi connectivity index (χ1) is 10.1. The molecule has 1 amide bonds. The van der Waals surface area contributed by atoms with E-state index in [2.05, 4.69) is 33.9 Å². The Labute approximate surface area is 130 Å². The number of rotatable bonds is 7. The van der Waals surface area contributed by atoms with Gasteiger partial charge in [-0.1, -0.05) is 25.6 Å². The molecule has 5 nitrogen and oxygen atoms in total. The van der Waals surface area contributed by atoms with Gasteiger partial charge in [-0.25, -0.2) is 0 Å². The number of thioether (sulfide) groups is 1. The van der Waals surface area contributed by atoms with Crippen molar-refractivity contribution in [2.45, 2.75) is 69.6 Å². The second kappa shape index (κ2) is 5.99. The molecule has 0 bridgehead atoms. The van der Waals surface area contributed by atoms with E-state index in [0.717, 1.165) is 11.0 Å². The van der Waals surface area contributed by atoms with Crippen molar-refractivity contribution in [1.29, 1.82) is 0 Å². The third-order valence-corrected chi connectivity index (χ3v) is 5.21. The van der Waals surface area contributed by atoms with Gasteiger partial charge in [0.15, 0.2) is 5.16 Å². The fourth-order valence-corrected chi connectivity index (χ4v) is 3.10. The van der Waals surface area contributed by atoms with E-state index in [1.165, 1.54) is 37.4 Å². The van der Waals surface area contributed by atoms with Gasteiger partial charge in [0.1, 0.15) is 5.82 Å². The van der Waals surface area contributed by atoms with Gasteiger partial charge in [-0.3, -0.25) is 4.79 Å². The van der Waals surface area contributed by atoms with Gasteiger partial charge in [-0.15, -0.1) is 10.2 Å². The Kier molecular flexibility index (Phi) is 4.24. The molecule has 0 aliphatic heterocycles. The van der Waals surface area contributed by atoms with E-state index in [1.807, 2.05) is 6.92 Å². The average molecular weight is 308 g/mol. The molecule has 1 heterocycles. The van der Waals surface area contributed by atoms with E-state index in [1.54, 1.807) is 0 Å². The number of hydrogen-bond acceptors (Lipinski definition) is 4. The summed E-state index contributed by atoms with van der Waals surface area (Å²) in [7, 11) is 0. The average Bonchev–Trinajstić information content (AvgIpc) is 3.34. The van der Waals surface area contributed by atoms with Crippen LogP contribution in [0.1, 0.15) is 64.2 Å². The summed E-state index contributed by atoms with van der Waals surface area (Å²) in [6, 6.07) is 0.789. The largest absolute Gasteiger partial charge is 0.353 e. The van der Waals surface area contributed by atoms with Crippen molar-refractivity contribution in [3.05, 3.63) is 5.82 Å². The standard InChI is InChI=1S/C15H24N4OS/c1-9(2)10(3)16-13(20)8-21-15-18-17-14(11-4-5-11)19(15)12-6-7-12/h9-12H,4-8H2,1-3H3,(H,16,20)/t10-/m0/s1. The van der Waals surface area contributed by atoms with Crippen LogP contribution in [0.3, 0.4) is 0 Å². The fourth-order valence-electron chi connectivity index (χ4n) is 2.27. The Morgan fingerprint density at radius 1 is 1.29 bits per heavy atom. The Morgan fingerprint density at radius 2 is 2.00 bits per heavy atom. The SMILES string of the molecule is CC(C)[C@H](C)NC(=O)CSc1nnc(C2CC2)n1C1CC1. The molecule has 0 unspecified atom stereocenters. The minimum Gasteiger partial charge on any atom is -0.353 e. The zero-order valence-electron chi connectivity index (χ0n) is 13.0. The fraction of sp³-hybridized carbons (Fsp3) is 0.800. The summed E-state index contributed by atoms with van der Waals surface area (Å²) in [4.78, 5) is 12.0. The number of nitrogens with zero attached hydrogens (tertiary/aromatic N) is 3. The highest BCUT2D eigenvalue weighted by molar-refractivity contribution is 7.99. The van der Waals surface area contributed by atoms with Gasteiger partial charge in [0.25, 0.3) is 0 Å². The third kappa shape index (κ3) is 3.59. The molecule has 2 aliphatic carbocycles. The maximum atomic E-state index is 12.0. The summed E-state index contributed by atoms with van der Waals surface area (Å²) in [5.41, 5.74) is 0. The van der Waals surface area contributed by atoms with Crippen LogP contribution in [0.25, 0.3) is 0 Å². The summed E-state index contributed by atoms with van der Waals surface area (Å²) in [5, 5.41) is 12.6. The summed E-state index contributed by atoms with van der Waals surface area (Å²) in [5.74, 6) is 2.72. The predicted molar refractivity (Wildman–Crippen MR) is 83.4 cm³/mol. The van der Waals surface area contributed by atoms with Crippen molar-refractivity contribution in [2.75, 3.05) is 5.75 Å². The molecule has 3 rings (SSSR count). The van der Waals surface area contributed by atoms with E-state index in [4.69, 9.17) is 0 Å². The normalized spacial score (nSPS) is 19.8. The van der Waals surface area contributed by atoms with E-state index in [9.17, 15) is 4.79 Å². The predicted octanol–water partition coefficient (Wildman–Crippen LogP) is 2.74. The van der Waals surface area contributed by atoms with Crippen molar-refractivity contribution in [2.24, 2.45) is 5.92 Å². The maximum absolute atomic E-state index is 12.0. The summed E-state index contributed by atoms with van der Waals surface area (Å²) < 4.78 is 2.29. The second-order valence-electron chi connectivity index (χ2n) is 6.61. The minimum absolute atomic E-state index is 0.0829. The minimum atomic E-state index is 0.0829. The first-order valence-corrected chi connectivity index (χ1v) is 8.91. The van der Waals surface area contributed by atoms with Crippen molar-refractivity contribution in [1.82, 2.24) is 20.1 Å². The van der Waals surface area contributed by atoms with Gasteiger partial charge in [-0.2, -0.15) is 0 Å². The lowest BCUT2D eigenvalue weighted by atomic mass is 10.1. The molecule has 1 N–H and O–H groups in total. The summed E-state index contributed by atoms with van der Waals surface area (Å²) >= 11 is 1.52. The Balaban J connectivity index is 1.59. The molecule has 0 saturated heterocycles. The highest BCUT2D eigenvalue weighted by atomic mass is 32.2. The van der Waals surface area contributed by atoms with Gasteiger partial charge in [0.05, 0.1) is 5.75 Å². The Morgan fingerprint density at radius 3 is 2.57 bits per heavy atom. The second-order valence-corrected chi connectivity index (χ2v) is 7.55. The number of nitrogens with one attached hydrogen (secondary N) is 1. The lowest BCUT2D eigenvalue weighted by Crippen LogP contribution is -2.37. The van der Waals surface area contributed by atoms with Crippen LogP contribution >= 0.6 is 11.8 Å². The van der Waals surface area contributed by atoms with E-state index < -0.39 is 0 Å². The van der Waals surface area contributed by atoms with Gasteiger partial charge in [-0.05, 0) is 38.5 Å². The van der Waals surface area contributed by atoms with Crippen LogP contribution in [-0.2, 0) is 4.79 Å². The zero-order chi connectivity index (χ0) is 15.0. The summed E-state index contributed by atoms with van der Waals surface area (Å²) in [6.07, 6.45) is 4.92. The Bertz CT molecular complexity index is 520. The van der Waals surface area contributed by atoms with Crippen LogP contribution < -0.4 is 5.32 Å². The highest BCUT2D eigenvalue weighted by Gasteiger charge is 2.36. The molecule has 116 valence electrons. The molecule has 6 heteroatoms. The molecular formula is C15H24N4OS. The van der Waals surface area contributed by atoms with Crippen molar-refractivity contribution in [3.63, 3.8) is 0 Å². The van der Waals surface area contributed by atoms with Gasteiger partial charge in [0, 0.05) is 18.0 Å². The Hall–Kier alpha value is -1.04. The lowest BCUT2D eigenvalue weighted by Gasteiger charge is -2.17. The number of aromatic nitrogens is 3. The van der Waals surface area contributed by atoms with Crippen molar-refractivity contribution < 1.29 is 4.79 Å². The van der Waals surface area contributed by atoms with Crippen LogP contribution in [0, 0.1) is 5.92 Å². The molecule has 0 aromatic carbocycles. The molecule has 21 heavy (non-hydrogen) atoms. The topological polar surface area (TPSA) is 59.8 Å². The molecule has 2 saturated carbocycles. The van der Waals surface area contributed by atoms with E-state index in [-0.39, 0.29) is 11.9 Å². The van der Waals surface area contributed by atoms with Crippen LogP contribution in [0.5, 0.6) is 0 Å². The van der Waals surface area contributed by atoms with Gasteiger partial charge in [0.2, 0.25) is 5.91 Å². The number of hydrogen-bond donors (Lipinski definition) is 1. The van der Waals surface area contributed by atoms with Crippen molar-refractivity contribution in [3.8, 4) is 0 Å². The van der Waals surface area contributed by atoms with Crippen LogP contribution in [0.2, 0.25) is 0 Å². The number of carbonyl (C=O) groups excluding carboxylic acids is 1. The van der Waals surface area contributed by atoms with Crippen LogP contribution in [0.4, 0.5) is 0 Å². The highest BCUT2D eigenvalue weighted by Crippen LogP contribution is 2.45. The smallest absolute Gasteiger partial charge is 0.230 e. The van der Waals surface area contributed by atoms with Crippen molar-refractivity contribution >= 4 is 17.7 Å². The molecule has 1 aromatic heterocycles. The molecule has 1 atom stereocenters. The molecule has 0 spiro atoms. The molecule has 1 aromatic rings. The first-order valence-electron chi connectivity index (χ1n) is 7.93. The number of carbonyl (C=O) groups is 1. The molecule has 2 aliphatic rings.